The van der Waals surface area contributed by atoms with E-state index in [0.717, 1.165) is 36.3 Å². The molecule has 0 unspecified atom stereocenters. The summed E-state index contributed by atoms with van der Waals surface area (Å²) in [7, 11) is 1.44. The molecule has 31 heavy (non-hydrogen) atoms. The highest BCUT2D eigenvalue weighted by molar-refractivity contribution is 6.32. The first kappa shape index (κ1) is 20.4. The minimum Gasteiger partial charge on any atom is -0.492 e. The van der Waals surface area contributed by atoms with Crippen molar-refractivity contribution in [1.82, 2.24) is 4.90 Å². The third-order valence-electron chi connectivity index (χ3n) is 6.28. The average Bonchev–Trinajstić information content (AvgIpc) is 3.67. The molecule has 2 saturated carbocycles. The predicted octanol–water partition coefficient (Wildman–Crippen LogP) is 6.53. The Hall–Kier alpha value is -2.46. The van der Waals surface area contributed by atoms with E-state index >= 15 is 0 Å². The van der Waals surface area contributed by atoms with Crippen LogP contribution < -0.4 is 9.47 Å². The number of methoxy groups -OCH3 is 1. The maximum atomic E-state index is 14.4. The van der Waals surface area contributed by atoms with Gasteiger partial charge in [0.2, 0.25) is 0 Å². The van der Waals surface area contributed by atoms with Gasteiger partial charge in [-0.2, -0.15) is 0 Å². The summed E-state index contributed by atoms with van der Waals surface area (Å²) in [5.74, 6) is 1.26. The van der Waals surface area contributed by atoms with Crippen molar-refractivity contribution in [2.45, 2.75) is 45.3 Å². The van der Waals surface area contributed by atoms with Crippen LogP contribution in [0.1, 0.15) is 42.4 Å². The highest BCUT2D eigenvalue weighted by atomic mass is 35.5. The Morgan fingerprint density at radius 1 is 1.16 bits per heavy atom. The molecule has 162 valence electrons. The molecule has 2 aromatic carbocycles. The van der Waals surface area contributed by atoms with Gasteiger partial charge in [0.25, 0.3) is 0 Å². The zero-order valence-electron chi connectivity index (χ0n) is 18.0. The lowest BCUT2D eigenvalue weighted by molar-refractivity contribution is 0.302. The molecule has 2 aliphatic carbocycles. The van der Waals surface area contributed by atoms with E-state index in [1.807, 2.05) is 13.0 Å². The Kier molecular flexibility index (Phi) is 5.43. The Bertz CT molecular complexity index is 1070. The van der Waals surface area contributed by atoms with Gasteiger partial charge in [-0.15, -0.1) is 0 Å². The summed E-state index contributed by atoms with van der Waals surface area (Å²) in [5.41, 5.74) is 5.56. The lowest BCUT2D eigenvalue weighted by atomic mass is 9.92. The Balaban J connectivity index is 1.42. The van der Waals surface area contributed by atoms with Crippen LogP contribution in [0.5, 0.6) is 11.5 Å². The SMILES string of the molecule is COc1c(F)cc(CN2C=C(C3CC3)C(c3ccccc3OC3CC3)=CC2)c(C)c1Cl. The van der Waals surface area contributed by atoms with Gasteiger partial charge >= 0.3 is 0 Å². The van der Waals surface area contributed by atoms with Crippen LogP contribution in [0.3, 0.4) is 0 Å². The molecule has 0 radical (unpaired) electrons. The van der Waals surface area contributed by atoms with E-state index in [-0.39, 0.29) is 5.75 Å². The van der Waals surface area contributed by atoms with Gasteiger partial charge in [0.15, 0.2) is 11.6 Å². The van der Waals surface area contributed by atoms with Gasteiger partial charge in [-0.05, 0) is 72.9 Å². The van der Waals surface area contributed by atoms with Crippen molar-refractivity contribution in [3.8, 4) is 11.5 Å². The second kappa shape index (κ2) is 8.23. The standard InChI is InChI=1S/C26H27ClFNO2/c1-16-18(13-23(28)26(30-2)25(16)27)14-29-12-11-20(22(15-29)17-7-8-17)21-5-3-4-6-24(21)31-19-9-10-19/h3-6,11,13,15,17,19H,7-10,12,14H2,1-2H3. The molecule has 0 aromatic heterocycles. The van der Waals surface area contributed by atoms with Gasteiger partial charge in [0, 0.05) is 24.9 Å². The number of ether oxygens (including phenoxy) is 2. The van der Waals surface area contributed by atoms with E-state index in [1.54, 1.807) is 6.07 Å². The van der Waals surface area contributed by atoms with Crippen LogP contribution in [0, 0.1) is 18.7 Å². The first-order chi connectivity index (χ1) is 15.0. The molecule has 5 heteroatoms. The van der Waals surface area contributed by atoms with E-state index in [0.29, 0.717) is 23.6 Å². The van der Waals surface area contributed by atoms with E-state index in [4.69, 9.17) is 21.1 Å². The third kappa shape index (κ3) is 4.18. The first-order valence-corrected chi connectivity index (χ1v) is 11.4. The van der Waals surface area contributed by atoms with Crippen molar-refractivity contribution >= 4 is 17.2 Å². The third-order valence-corrected chi connectivity index (χ3v) is 6.74. The summed E-state index contributed by atoms with van der Waals surface area (Å²) in [5, 5.41) is 0.350. The Morgan fingerprint density at radius 3 is 2.65 bits per heavy atom. The topological polar surface area (TPSA) is 21.7 Å². The maximum absolute atomic E-state index is 14.4. The molecule has 5 rings (SSSR count). The van der Waals surface area contributed by atoms with E-state index < -0.39 is 5.82 Å². The monoisotopic (exact) mass is 439 g/mol. The maximum Gasteiger partial charge on any atom is 0.173 e. The summed E-state index contributed by atoms with van der Waals surface area (Å²) in [6, 6.07) is 9.91. The van der Waals surface area contributed by atoms with Crippen LogP contribution >= 0.6 is 11.6 Å². The molecule has 0 bridgehead atoms. The van der Waals surface area contributed by atoms with Crippen LogP contribution in [0.2, 0.25) is 5.02 Å². The summed E-state index contributed by atoms with van der Waals surface area (Å²) in [4.78, 5) is 2.24. The number of para-hydroxylation sites is 1. The number of hydrogen-bond acceptors (Lipinski definition) is 3. The fraction of sp³-hybridized carbons (Fsp3) is 0.385. The number of rotatable bonds is 7. The zero-order chi connectivity index (χ0) is 21.5. The van der Waals surface area contributed by atoms with E-state index in [9.17, 15) is 4.39 Å². The highest BCUT2D eigenvalue weighted by Gasteiger charge is 2.33. The van der Waals surface area contributed by atoms with E-state index in [1.165, 1.54) is 36.7 Å². The zero-order valence-corrected chi connectivity index (χ0v) is 18.7. The van der Waals surface area contributed by atoms with Crippen molar-refractivity contribution in [3.63, 3.8) is 0 Å². The Morgan fingerprint density at radius 2 is 1.94 bits per heavy atom. The molecule has 1 aliphatic heterocycles. The lowest BCUT2D eigenvalue weighted by Crippen LogP contribution is -2.22. The molecular weight excluding hydrogens is 413 g/mol. The fourth-order valence-corrected chi connectivity index (χ4v) is 4.50. The number of nitrogens with zero attached hydrogens (tertiary/aromatic N) is 1. The number of hydrogen-bond donors (Lipinski definition) is 0. The highest BCUT2D eigenvalue weighted by Crippen LogP contribution is 2.47. The second-order valence-corrected chi connectivity index (χ2v) is 9.09. The van der Waals surface area contributed by atoms with Gasteiger partial charge in [0.1, 0.15) is 5.75 Å². The molecule has 2 aromatic rings. The van der Waals surface area contributed by atoms with Gasteiger partial charge in [-0.1, -0.05) is 35.9 Å². The lowest BCUT2D eigenvalue weighted by Gasteiger charge is -2.29. The quantitative estimate of drug-likeness (QED) is 0.489. The average molecular weight is 440 g/mol. The molecule has 3 aliphatic rings. The molecule has 0 atom stereocenters. The fourth-order valence-electron chi connectivity index (χ4n) is 4.21. The number of halogens is 2. The first-order valence-electron chi connectivity index (χ1n) is 11.0. The van der Waals surface area contributed by atoms with Crippen LogP contribution in [0.4, 0.5) is 4.39 Å². The van der Waals surface area contributed by atoms with Gasteiger partial charge < -0.3 is 14.4 Å². The molecule has 0 amide bonds. The summed E-state index contributed by atoms with van der Waals surface area (Å²) < 4.78 is 25.7. The molecule has 0 saturated heterocycles. The normalized spacial score (nSPS) is 18.5. The number of allylic oxidation sites excluding steroid dienone is 2. The molecule has 2 fully saturated rings. The van der Waals surface area contributed by atoms with Crippen molar-refractivity contribution in [3.05, 3.63) is 75.7 Å². The smallest absolute Gasteiger partial charge is 0.173 e. The molecule has 3 nitrogen and oxygen atoms in total. The summed E-state index contributed by atoms with van der Waals surface area (Å²) >= 11 is 6.35. The van der Waals surface area contributed by atoms with E-state index in [2.05, 4.69) is 35.4 Å². The van der Waals surface area contributed by atoms with Gasteiger partial charge in [0.05, 0.1) is 18.2 Å². The van der Waals surface area contributed by atoms with Crippen molar-refractivity contribution in [2.24, 2.45) is 5.92 Å². The molecule has 0 spiro atoms. The molecular formula is C26H27ClFNO2. The van der Waals surface area contributed by atoms with Crippen LogP contribution in [-0.4, -0.2) is 24.7 Å². The van der Waals surface area contributed by atoms with Crippen LogP contribution in [-0.2, 0) is 6.54 Å². The Labute approximate surface area is 188 Å². The summed E-state index contributed by atoms with van der Waals surface area (Å²) in [6.45, 7) is 3.28. The molecule has 0 N–H and O–H groups in total. The van der Waals surface area contributed by atoms with Crippen LogP contribution in [0.15, 0.2) is 48.2 Å². The number of benzene rings is 2. The largest absolute Gasteiger partial charge is 0.492 e. The second-order valence-electron chi connectivity index (χ2n) is 8.71. The minimum absolute atomic E-state index is 0.116. The van der Waals surface area contributed by atoms with Gasteiger partial charge in [-0.3, -0.25) is 0 Å². The molecule has 1 heterocycles. The van der Waals surface area contributed by atoms with Crippen molar-refractivity contribution < 1.29 is 13.9 Å². The summed E-state index contributed by atoms with van der Waals surface area (Å²) in [6.07, 6.45) is 9.64. The minimum atomic E-state index is -0.418. The van der Waals surface area contributed by atoms with Crippen molar-refractivity contribution in [2.75, 3.05) is 13.7 Å². The van der Waals surface area contributed by atoms with Gasteiger partial charge in [-0.25, -0.2) is 4.39 Å². The van der Waals surface area contributed by atoms with Crippen LogP contribution in [0.25, 0.3) is 5.57 Å². The van der Waals surface area contributed by atoms with Crippen molar-refractivity contribution in [1.29, 1.82) is 0 Å². The predicted molar refractivity (Wildman–Crippen MR) is 122 cm³/mol.